The highest BCUT2D eigenvalue weighted by Crippen LogP contribution is 2.28. The third-order valence-corrected chi connectivity index (χ3v) is 5.95. The molecule has 3 heterocycles. The van der Waals surface area contributed by atoms with E-state index < -0.39 is 17.8 Å². The fourth-order valence-electron chi connectivity index (χ4n) is 2.90. The van der Waals surface area contributed by atoms with Gasteiger partial charge in [0.2, 0.25) is 0 Å². The van der Waals surface area contributed by atoms with Gasteiger partial charge >= 0.3 is 6.18 Å². The maximum absolute atomic E-state index is 13.8. The SMILES string of the molecule is O=C(Nc1nn(Cc2ccccc2F)cc1Br)c1cc(Cn2ccc(C(F)(F)F)n2)cs1. The number of alkyl halides is 3. The number of amides is 1. The van der Waals surface area contributed by atoms with Crippen molar-refractivity contribution in [2.45, 2.75) is 19.3 Å². The van der Waals surface area contributed by atoms with Crippen LogP contribution >= 0.6 is 27.3 Å². The average Bonchev–Trinajstić information content (AvgIpc) is 3.45. The summed E-state index contributed by atoms with van der Waals surface area (Å²) in [5.41, 5.74) is 0.123. The lowest BCUT2D eigenvalue weighted by Gasteiger charge is -2.03. The van der Waals surface area contributed by atoms with Gasteiger partial charge in [0, 0.05) is 18.0 Å². The molecule has 1 aromatic carbocycles. The third-order valence-electron chi connectivity index (χ3n) is 4.39. The van der Waals surface area contributed by atoms with Gasteiger partial charge in [0.25, 0.3) is 5.91 Å². The maximum Gasteiger partial charge on any atom is 0.435 e. The largest absolute Gasteiger partial charge is 0.435 e. The second kappa shape index (κ2) is 8.87. The standard InChI is InChI=1S/C20H14BrF4N5OS/c21-14-10-30(9-13-3-1-2-4-15(13)22)28-18(14)26-19(31)16-7-12(11-32-16)8-29-6-5-17(27-29)20(23,24)25/h1-7,10-11H,8-9H2,(H,26,28,31). The summed E-state index contributed by atoms with van der Waals surface area (Å²) in [4.78, 5) is 12.9. The van der Waals surface area contributed by atoms with Crippen LogP contribution in [0, 0.1) is 5.82 Å². The summed E-state index contributed by atoms with van der Waals surface area (Å²) in [6.45, 7) is 0.287. The molecule has 0 unspecified atom stereocenters. The van der Waals surface area contributed by atoms with E-state index in [1.807, 2.05) is 0 Å². The Morgan fingerprint density at radius 3 is 2.62 bits per heavy atom. The van der Waals surface area contributed by atoms with E-state index >= 15 is 0 Å². The molecule has 1 N–H and O–H groups in total. The lowest BCUT2D eigenvalue weighted by molar-refractivity contribution is -0.141. The van der Waals surface area contributed by atoms with Crippen molar-refractivity contribution in [1.82, 2.24) is 19.6 Å². The van der Waals surface area contributed by atoms with Crippen LogP contribution in [0.25, 0.3) is 0 Å². The first-order valence-corrected chi connectivity index (χ1v) is 10.8. The van der Waals surface area contributed by atoms with Gasteiger partial charge in [0.1, 0.15) is 5.82 Å². The smallest absolute Gasteiger partial charge is 0.303 e. The Labute approximate surface area is 191 Å². The van der Waals surface area contributed by atoms with E-state index in [0.29, 0.717) is 20.5 Å². The number of anilines is 1. The molecule has 4 aromatic rings. The van der Waals surface area contributed by atoms with Crippen molar-refractivity contribution >= 4 is 39.0 Å². The number of aromatic nitrogens is 4. The van der Waals surface area contributed by atoms with E-state index in [9.17, 15) is 22.4 Å². The topological polar surface area (TPSA) is 64.7 Å². The Morgan fingerprint density at radius 1 is 1.12 bits per heavy atom. The number of nitrogens with one attached hydrogen (secondary N) is 1. The van der Waals surface area contributed by atoms with Gasteiger partial charge in [-0.2, -0.15) is 23.4 Å². The van der Waals surface area contributed by atoms with Crippen molar-refractivity contribution in [3.05, 3.63) is 86.2 Å². The van der Waals surface area contributed by atoms with Gasteiger partial charge in [-0.25, -0.2) is 4.39 Å². The molecule has 32 heavy (non-hydrogen) atoms. The first-order chi connectivity index (χ1) is 15.2. The van der Waals surface area contributed by atoms with Crippen LogP contribution in [0.4, 0.5) is 23.4 Å². The van der Waals surface area contributed by atoms with Gasteiger partial charge in [-0.3, -0.25) is 14.2 Å². The van der Waals surface area contributed by atoms with Crippen LogP contribution in [-0.4, -0.2) is 25.5 Å². The molecule has 3 aromatic heterocycles. The molecular formula is C20H14BrF4N5OS. The number of rotatable bonds is 6. The number of carbonyl (C=O) groups is 1. The zero-order valence-corrected chi connectivity index (χ0v) is 18.5. The fraction of sp³-hybridized carbons (Fsp3) is 0.150. The number of benzene rings is 1. The second-order valence-electron chi connectivity index (χ2n) is 6.78. The van der Waals surface area contributed by atoms with E-state index in [4.69, 9.17) is 0 Å². The minimum atomic E-state index is -4.51. The highest BCUT2D eigenvalue weighted by Gasteiger charge is 2.33. The van der Waals surface area contributed by atoms with Crippen molar-refractivity contribution in [1.29, 1.82) is 0 Å². The Hall–Kier alpha value is -2.99. The highest BCUT2D eigenvalue weighted by atomic mass is 79.9. The average molecular weight is 528 g/mol. The van der Waals surface area contributed by atoms with Crippen molar-refractivity contribution in [3.63, 3.8) is 0 Å². The lowest BCUT2D eigenvalue weighted by atomic mass is 10.2. The number of carbonyl (C=O) groups excluding carboxylic acids is 1. The molecule has 12 heteroatoms. The van der Waals surface area contributed by atoms with Gasteiger partial charge in [-0.15, -0.1) is 11.3 Å². The summed E-state index contributed by atoms with van der Waals surface area (Å²) in [6, 6.07) is 8.81. The summed E-state index contributed by atoms with van der Waals surface area (Å²) >= 11 is 4.48. The Morgan fingerprint density at radius 2 is 1.91 bits per heavy atom. The van der Waals surface area contributed by atoms with Crippen LogP contribution in [0.3, 0.4) is 0 Å². The Balaban J connectivity index is 1.42. The van der Waals surface area contributed by atoms with E-state index in [1.54, 1.807) is 35.8 Å². The first-order valence-electron chi connectivity index (χ1n) is 9.15. The van der Waals surface area contributed by atoms with Crippen LogP contribution in [-0.2, 0) is 19.3 Å². The zero-order valence-electron chi connectivity index (χ0n) is 16.1. The summed E-state index contributed by atoms with van der Waals surface area (Å²) in [6.07, 6.45) is -1.65. The second-order valence-corrected chi connectivity index (χ2v) is 8.55. The van der Waals surface area contributed by atoms with E-state index in [0.717, 1.165) is 22.1 Å². The molecule has 0 aliphatic heterocycles. The summed E-state index contributed by atoms with van der Waals surface area (Å²) in [7, 11) is 0. The van der Waals surface area contributed by atoms with Gasteiger partial charge in [0.15, 0.2) is 11.5 Å². The van der Waals surface area contributed by atoms with Gasteiger partial charge in [-0.05, 0) is 45.1 Å². The summed E-state index contributed by atoms with van der Waals surface area (Å²) in [5.74, 6) is -0.506. The molecule has 6 nitrogen and oxygen atoms in total. The van der Waals surface area contributed by atoms with E-state index in [2.05, 4.69) is 31.4 Å². The van der Waals surface area contributed by atoms with Crippen LogP contribution in [0.5, 0.6) is 0 Å². The normalized spacial score (nSPS) is 11.7. The number of hydrogen-bond donors (Lipinski definition) is 1. The van der Waals surface area contributed by atoms with Crippen LogP contribution < -0.4 is 5.32 Å². The summed E-state index contributed by atoms with van der Waals surface area (Å²) < 4.78 is 55.1. The lowest BCUT2D eigenvalue weighted by Crippen LogP contribution is -2.12. The quantitative estimate of drug-likeness (QED) is 0.341. The van der Waals surface area contributed by atoms with E-state index in [-0.39, 0.29) is 24.7 Å². The van der Waals surface area contributed by atoms with Crippen LogP contribution in [0.1, 0.15) is 26.5 Å². The van der Waals surface area contributed by atoms with Gasteiger partial charge < -0.3 is 5.32 Å². The highest BCUT2D eigenvalue weighted by molar-refractivity contribution is 9.10. The molecule has 0 saturated heterocycles. The monoisotopic (exact) mass is 527 g/mol. The molecular weight excluding hydrogens is 514 g/mol. The zero-order chi connectivity index (χ0) is 22.9. The fourth-order valence-corrected chi connectivity index (χ4v) is 4.11. The number of thiophene rings is 1. The molecule has 0 atom stereocenters. The van der Waals surface area contributed by atoms with Crippen LogP contribution in [0.2, 0.25) is 0 Å². The molecule has 0 bridgehead atoms. The number of nitrogens with zero attached hydrogens (tertiary/aromatic N) is 4. The molecule has 0 aliphatic carbocycles. The van der Waals surface area contributed by atoms with Crippen molar-refractivity contribution < 1.29 is 22.4 Å². The molecule has 166 valence electrons. The predicted molar refractivity (Wildman–Crippen MR) is 114 cm³/mol. The van der Waals surface area contributed by atoms with Gasteiger partial charge in [-0.1, -0.05) is 18.2 Å². The third kappa shape index (κ3) is 5.07. The molecule has 0 aliphatic rings. The molecule has 0 fully saturated rings. The van der Waals surface area contributed by atoms with Crippen molar-refractivity contribution in [3.8, 4) is 0 Å². The maximum atomic E-state index is 13.8. The number of halogens is 5. The van der Waals surface area contributed by atoms with Crippen LogP contribution in [0.15, 0.2) is 58.6 Å². The molecule has 0 spiro atoms. The Bertz CT molecular complexity index is 1260. The molecule has 1 amide bonds. The van der Waals surface area contributed by atoms with Crippen molar-refractivity contribution in [2.24, 2.45) is 0 Å². The molecule has 4 rings (SSSR count). The minimum Gasteiger partial charge on any atom is -0.303 e. The minimum absolute atomic E-state index is 0.0980. The van der Waals surface area contributed by atoms with E-state index in [1.165, 1.54) is 16.9 Å². The van der Waals surface area contributed by atoms with Crippen molar-refractivity contribution in [2.75, 3.05) is 5.32 Å². The predicted octanol–water partition coefficient (Wildman–Crippen LogP) is 5.41. The number of hydrogen-bond acceptors (Lipinski definition) is 4. The first kappa shape index (κ1) is 22.2. The molecule has 0 saturated carbocycles. The molecule has 0 radical (unpaired) electrons. The summed E-state index contributed by atoms with van der Waals surface area (Å²) in [5, 5.41) is 12.1. The van der Waals surface area contributed by atoms with Gasteiger partial charge in [0.05, 0.1) is 22.4 Å². The Kier molecular flexibility index (Phi) is 6.15.